The van der Waals surface area contributed by atoms with E-state index in [0.29, 0.717) is 5.56 Å². The number of nitrogens with zero attached hydrogens (tertiary/aromatic N) is 3. The Morgan fingerprint density at radius 3 is 2.62 bits per heavy atom. The van der Waals surface area contributed by atoms with Crippen molar-refractivity contribution in [3.05, 3.63) is 68.3 Å². The highest BCUT2D eigenvalue weighted by Crippen LogP contribution is 2.18. The molecular weight excluding hydrogens is 341 g/mol. The lowest BCUT2D eigenvalue weighted by atomic mass is 10.2. The minimum atomic E-state index is -0.505. The maximum atomic E-state index is 13.7. The van der Waals surface area contributed by atoms with Gasteiger partial charge in [0, 0.05) is 40.0 Å². The first-order valence-corrected chi connectivity index (χ1v) is 7.77. The summed E-state index contributed by atoms with van der Waals surface area (Å²) in [4.78, 5) is 37.3. The van der Waals surface area contributed by atoms with Gasteiger partial charge in [-0.05, 0) is 23.8 Å². The molecule has 0 N–H and O–H groups in total. The molecule has 0 aliphatic heterocycles. The molecule has 1 aromatic heterocycles. The molecule has 138 valence electrons. The molecule has 1 heterocycles. The molecule has 0 bridgehead atoms. The van der Waals surface area contributed by atoms with Crippen LogP contribution in [0, 0.1) is 5.82 Å². The third kappa shape index (κ3) is 4.08. The lowest BCUT2D eigenvalue weighted by Gasteiger charge is -2.15. The molecule has 1 amide bonds. The van der Waals surface area contributed by atoms with E-state index in [1.165, 1.54) is 61.2 Å². The molecule has 2 rings (SSSR count). The first kappa shape index (κ1) is 19.2. The summed E-state index contributed by atoms with van der Waals surface area (Å²) < 4.78 is 20.8. The monoisotopic (exact) mass is 361 g/mol. The second-order valence-electron chi connectivity index (χ2n) is 5.84. The molecule has 7 nitrogen and oxygen atoms in total. The standard InChI is InChI=1S/C18H20FN3O4/c1-20(10-12-5-7-15(26-4)14(19)9-12)16(23)8-6-13-11-21(2)18(25)22(3)17(13)24/h5-9,11H,10H2,1-4H3/b8-6+. The minimum absolute atomic E-state index is 0.133. The molecule has 0 atom stereocenters. The SMILES string of the molecule is COc1ccc(CN(C)C(=O)/C=C/c2cn(C)c(=O)n(C)c2=O)cc1F. The van der Waals surface area contributed by atoms with Crippen LogP contribution in [0.3, 0.4) is 0 Å². The van der Waals surface area contributed by atoms with Crippen LogP contribution in [0.25, 0.3) is 6.08 Å². The summed E-state index contributed by atoms with van der Waals surface area (Å²) in [6.07, 6.45) is 3.96. The zero-order valence-electron chi connectivity index (χ0n) is 15.0. The first-order chi connectivity index (χ1) is 12.2. The molecular formula is C18H20FN3O4. The molecule has 8 heteroatoms. The van der Waals surface area contributed by atoms with Crippen molar-refractivity contribution < 1.29 is 13.9 Å². The average molecular weight is 361 g/mol. The zero-order chi connectivity index (χ0) is 19.4. The Morgan fingerprint density at radius 1 is 1.31 bits per heavy atom. The van der Waals surface area contributed by atoms with Crippen LogP contribution in [0.4, 0.5) is 4.39 Å². The van der Waals surface area contributed by atoms with E-state index in [-0.39, 0.29) is 23.8 Å². The van der Waals surface area contributed by atoms with Crippen molar-refractivity contribution in [2.75, 3.05) is 14.2 Å². The highest BCUT2D eigenvalue weighted by molar-refractivity contribution is 5.91. The van der Waals surface area contributed by atoms with Gasteiger partial charge in [0.25, 0.3) is 5.56 Å². The Labute approximate surface area is 149 Å². The fraction of sp³-hybridized carbons (Fsp3) is 0.278. The molecule has 0 fully saturated rings. The number of methoxy groups -OCH3 is 1. The second kappa shape index (κ2) is 7.81. The Bertz CT molecular complexity index is 975. The van der Waals surface area contributed by atoms with Crippen molar-refractivity contribution in [2.45, 2.75) is 6.54 Å². The van der Waals surface area contributed by atoms with Crippen LogP contribution >= 0.6 is 0 Å². The molecule has 0 radical (unpaired) electrons. The molecule has 26 heavy (non-hydrogen) atoms. The van der Waals surface area contributed by atoms with Crippen LogP contribution in [-0.4, -0.2) is 34.1 Å². The Hall–Kier alpha value is -3.16. The van der Waals surface area contributed by atoms with Crippen LogP contribution < -0.4 is 16.0 Å². The van der Waals surface area contributed by atoms with Gasteiger partial charge in [-0.2, -0.15) is 0 Å². The summed E-state index contributed by atoms with van der Waals surface area (Å²) in [6, 6.07) is 4.46. The highest BCUT2D eigenvalue weighted by Gasteiger charge is 2.10. The Kier molecular flexibility index (Phi) is 5.76. The maximum Gasteiger partial charge on any atom is 0.330 e. The molecule has 0 saturated carbocycles. The number of aromatic nitrogens is 2. The van der Waals surface area contributed by atoms with E-state index in [1.54, 1.807) is 13.1 Å². The average Bonchev–Trinajstić information content (AvgIpc) is 2.61. The predicted molar refractivity (Wildman–Crippen MR) is 95.4 cm³/mol. The molecule has 0 spiro atoms. The van der Waals surface area contributed by atoms with Crippen LogP contribution in [-0.2, 0) is 25.4 Å². The number of hydrogen-bond acceptors (Lipinski definition) is 4. The number of carbonyl (C=O) groups excluding carboxylic acids is 1. The number of benzene rings is 1. The first-order valence-electron chi connectivity index (χ1n) is 7.77. The quantitative estimate of drug-likeness (QED) is 0.742. The molecule has 0 unspecified atom stereocenters. The molecule has 0 saturated heterocycles. The number of carbonyl (C=O) groups is 1. The van der Waals surface area contributed by atoms with E-state index in [4.69, 9.17) is 4.74 Å². The lowest BCUT2D eigenvalue weighted by molar-refractivity contribution is -0.125. The van der Waals surface area contributed by atoms with Crippen LogP contribution in [0.1, 0.15) is 11.1 Å². The molecule has 1 aromatic carbocycles. The fourth-order valence-corrected chi connectivity index (χ4v) is 2.40. The van der Waals surface area contributed by atoms with Crippen molar-refractivity contribution in [2.24, 2.45) is 14.1 Å². The van der Waals surface area contributed by atoms with Gasteiger partial charge >= 0.3 is 5.69 Å². The van der Waals surface area contributed by atoms with E-state index in [1.807, 2.05) is 0 Å². The number of ether oxygens (including phenoxy) is 1. The van der Waals surface area contributed by atoms with E-state index in [2.05, 4.69) is 0 Å². The summed E-state index contributed by atoms with van der Waals surface area (Å²) in [5, 5.41) is 0. The van der Waals surface area contributed by atoms with E-state index in [9.17, 15) is 18.8 Å². The van der Waals surface area contributed by atoms with Crippen molar-refractivity contribution >= 4 is 12.0 Å². The zero-order valence-corrected chi connectivity index (χ0v) is 15.0. The number of likely N-dealkylation sites (N-methyl/N-ethyl adjacent to an activating group) is 1. The normalized spacial score (nSPS) is 11.0. The number of aryl methyl sites for hydroxylation is 1. The van der Waals surface area contributed by atoms with Gasteiger partial charge in [-0.15, -0.1) is 0 Å². The Morgan fingerprint density at radius 2 is 2.00 bits per heavy atom. The minimum Gasteiger partial charge on any atom is -0.494 e. The van der Waals surface area contributed by atoms with Crippen molar-refractivity contribution in [3.63, 3.8) is 0 Å². The Balaban J connectivity index is 2.14. The number of rotatable bonds is 5. The summed E-state index contributed by atoms with van der Waals surface area (Å²) in [6.45, 7) is 0.190. The van der Waals surface area contributed by atoms with Gasteiger partial charge in [0.1, 0.15) is 0 Å². The number of amides is 1. The van der Waals surface area contributed by atoms with E-state index in [0.717, 1.165) is 4.57 Å². The number of hydrogen-bond donors (Lipinski definition) is 0. The fourth-order valence-electron chi connectivity index (χ4n) is 2.40. The van der Waals surface area contributed by atoms with Crippen molar-refractivity contribution in [3.8, 4) is 5.75 Å². The van der Waals surface area contributed by atoms with Gasteiger partial charge in [-0.25, -0.2) is 9.18 Å². The molecule has 0 aliphatic rings. The highest BCUT2D eigenvalue weighted by atomic mass is 19.1. The van der Waals surface area contributed by atoms with Crippen molar-refractivity contribution in [1.82, 2.24) is 14.0 Å². The van der Waals surface area contributed by atoms with E-state index >= 15 is 0 Å². The van der Waals surface area contributed by atoms with Crippen LogP contribution in [0.5, 0.6) is 5.75 Å². The molecule has 2 aromatic rings. The van der Waals surface area contributed by atoms with E-state index < -0.39 is 17.1 Å². The number of halogens is 1. The summed E-state index contributed by atoms with van der Waals surface area (Å²) in [5.41, 5.74) is -0.119. The summed E-state index contributed by atoms with van der Waals surface area (Å²) >= 11 is 0. The predicted octanol–water partition coefficient (Wildman–Crippen LogP) is 0.903. The van der Waals surface area contributed by atoms with Gasteiger partial charge < -0.3 is 14.2 Å². The summed E-state index contributed by atoms with van der Waals surface area (Å²) in [7, 11) is 5.83. The molecule has 0 aliphatic carbocycles. The second-order valence-corrected chi connectivity index (χ2v) is 5.84. The lowest BCUT2D eigenvalue weighted by Crippen LogP contribution is -2.37. The van der Waals surface area contributed by atoms with Gasteiger partial charge in [0.2, 0.25) is 5.91 Å². The van der Waals surface area contributed by atoms with Crippen molar-refractivity contribution in [1.29, 1.82) is 0 Å². The van der Waals surface area contributed by atoms with Crippen LogP contribution in [0.2, 0.25) is 0 Å². The smallest absolute Gasteiger partial charge is 0.330 e. The largest absolute Gasteiger partial charge is 0.494 e. The maximum absolute atomic E-state index is 13.7. The van der Waals surface area contributed by atoms with Gasteiger partial charge in [-0.1, -0.05) is 6.07 Å². The van der Waals surface area contributed by atoms with Crippen LogP contribution in [0.15, 0.2) is 40.1 Å². The van der Waals surface area contributed by atoms with Gasteiger partial charge in [0.05, 0.1) is 12.7 Å². The third-order valence-electron chi connectivity index (χ3n) is 3.89. The van der Waals surface area contributed by atoms with Gasteiger partial charge in [0.15, 0.2) is 11.6 Å². The third-order valence-corrected chi connectivity index (χ3v) is 3.89. The van der Waals surface area contributed by atoms with Gasteiger partial charge in [-0.3, -0.25) is 14.2 Å². The topological polar surface area (TPSA) is 73.5 Å². The summed E-state index contributed by atoms with van der Waals surface area (Å²) in [5.74, 6) is -0.736.